The first-order valence-electron chi connectivity index (χ1n) is 39.7. The molecule has 1 fully saturated rings. The number of aromatic nitrogens is 1. The molecule has 23 amide bonds. The number of nitrogens with two attached hydrogens (primary N) is 2. The molecule has 1 aromatic carbocycles. The highest BCUT2D eigenvalue weighted by Gasteiger charge is 2.42. The van der Waals surface area contributed by atoms with E-state index in [1.165, 1.54) is 0 Å². The quantitative estimate of drug-likeness (QED) is 0.0292. The van der Waals surface area contributed by atoms with Crippen molar-refractivity contribution in [3.63, 3.8) is 0 Å². The molecule has 3 aliphatic rings. The van der Waals surface area contributed by atoms with Crippen molar-refractivity contribution in [1.29, 1.82) is 0 Å². The van der Waals surface area contributed by atoms with Crippen molar-refractivity contribution in [2.24, 2.45) is 21.7 Å². The van der Waals surface area contributed by atoms with Gasteiger partial charge in [0.15, 0.2) is 5.66 Å². The molecule has 0 radical (unpaired) electrons. The van der Waals surface area contributed by atoms with Crippen LogP contribution in [-0.4, -0.2) is 408 Å². The van der Waals surface area contributed by atoms with Gasteiger partial charge in [-0.3, -0.25) is 110 Å². The number of benzene rings is 1. The van der Waals surface area contributed by atoms with E-state index in [-0.39, 0.29) is 12.5 Å². The number of carbonyl (C=O) groups excluding carboxylic acids is 23. The first-order valence-corrected chi connectivity index (χ1v) is 39.7. The minimum absolute atomic E-state index is 0.0549. The van der Waals surface area contributed by atoms with E-state index < -0.39 is 352 Å². The van der Waals surface area contributed by atoms with Gasteiger partial charge in [-0.05, 0) is 43.7 Å². The fourth-order valence-corrected chi connectivity index (χ4v) is 11.6. The molecule has 0 unspecified atom stereocenters. The van der Waals surface area contributed by atoms with Crippen LogP contribution in [-0.2, 0) is 117 Å². The summed E-state index contributed by atoms with van der Waals surface area (Å²) < 4.78 is 0. The summed E-state index contributed by atoms with van der Waals surface area (Å²) in [5.41, 5.74) is 12.0. The fourth-order valence-electron chi connectivity index (χ4n) is 11.6. The normalized spacial score (nSPS) is 16.1. The monoisotopic (exact) mass is 1870 g/mol. The van der Waals surface area contributed by atoms with Gasteiger partial charge in [-0.1, -0.05) is 18.2 Å². The minimum Gasteiger partial charge on any atom is -0.394 e. The van der Waals surface area contributed by atoms with Crippen molar-refractivity contribution < 1.29 is 161 Å². The Bertz CT molecular complexity index is 4450. The molecule has 131 heavy (non-hydrogen) atoms. The van der Waals surface area contributed by atoms with Crippen molar-refractivity contribution in [3.8, 4) is 0 Å². The maximum atomic E-state index is 12.9. The summed E-state index contributed by atoms with van der Waals surface area (Å²) in [5, 5.41) is 153. The molecule has 37 N–H and O–H groups in total. The summed E-state index contributed by atoms with van der Waals surface area (Å²) >= 11 is 0. The highest BCUT2D eigenvalue weighted by Crippen LogP contribution is 2.37. The average Bonchev–Trinajstić information content (AvgIpc) is 1.18. The molecule has 1 saturated carbocycles. The van der Waals surface area contributed by atoms with Gasteiger partial charge in [-0.25, -0.2) is 0 Å². The Morgan fingerprint density at radius 1 is 0.328 bits per heavy atom. The largest absolute Gasteiger partial charge is 0.394 e. The number of aliphatic hydroxyl groups is 10. The SMILES string of the molecule is NC(=O)[C@H](CC(=O)NC12CCC(CC1)N=N2)NC(=O)[C@H](CO)NC(=O)CNC(=O)[C@H](CO)NC(=O)CNC(=O)[C@H](CO)NC(=O)CNC(=O)[C@H](CO)NC(=O)CNC(=O)[C@H](CO)NC(=O)CNC(=O)[C@H](CO)NC(=O)CNC(=O)[C@H](CO)NC(=O)CNC(=O)[C@H](CO)NC(=O)CNC(=O)[C@H](CO)NC(=O)CNC(=O)[C@H](CO)NC(=O)CNC(=O)[C@@H](N)Cc1c[nH]c2ccccc12. The van der Waals surface area contributed by atoms with E-state index in [0.29, 0.717) is 25.7 Å². The molecule has 5 rings (SSSR count). The van der Waals surface area contributed by atoms with Crippen LogP contribution in [0.2, 0.25) is 0 Å². The average molecular weight is 1870 g/mol. The number of para-hydroxylation sites is 1. The highest BCUT2D eigenvalue weighted by molar-refractivity contribution is 6.01. The number of azo groups is 1. The molecule has 2 aromatic rings. The summed E-state index contributed by atoms with van der Waals surface area (Å²) in [6.45, 7) is -20.4. The number of aliphatic hydroxyl groups excluding tert-OH is 10. The summed E-state index contributed by atoms with van der Waals surface area (Å²) in [7, 11) is 0. The second kappa shape index (κ2) is 56.1. The Morgan fingerprint density at radius 3 is 0.794 bits per heavy atom. The van der Waals surface area contributed by atoms with Crippen molar-refractivity contribution in [3.05, 3.63) is 36.0 Å². The lowest BCUT2D eigenvalue weighted by Crippen LogP contribution is -2.58. The lowest BCUT2D eigenvalue weighted by Gasteiger charge is -2.39. The number of H-pyrrole nitrogens is 1. The van der Waals surface area contributed by atoms with E-state index in [0.717, 1.165) is 16.5 Å². The number of nitrogens with zero attached hydrogens (tertiary/aromatic N) is 2. The van der Waals surface area contributed by atoms with E-state index in [4.69, 9.17) is 11.5 Å². The zero-order valence-electron chi connectivity index (χ0n) is 69.7. The van der Waals surface area contributed by atoms with Crippen LogP contribution >= 0.6 is 0 Å². The summed E-state index contributed by atoms with van der Waals surface area (Å²) in [5.74, 6) is -26.0. The van der Waals surface area contributed by atoms with Crippen molar-refractivity contribution in [2.75, 3.05) is 132 Å². The van der Waals surface area contributed by atoms with Gasteiger partial charge in [0.05, 0.1) is 150 Å². The van der Waals surface area contributed by atoms with Gasteiger partial charge in [0, 0.05) is 17.1 Å². The number of hydrogen-bond donors (Lipinski definition) is 35. The van der Waals surface area contributed by atoms with Crippen LogP contribution < -0.4 is 128 Å². The molecule has 60 nitrogen and oxygen atoms in total. The van der Waals surface area contributed by atoms with Crippen LogP contribution in [0, 0.1) is 0 Å². The lowest BCUT2D eigenvalue weighted by atomic mass is 9.85. The third-order valence-corrected chi connectivity index (χ3v) is 18.6. The molecular weight excluding hydrogens is 1760 g/mol. The number of rotatable bonds is 58. The topological polar surface area (TPSA) is 952 Å². The van der Waals surface area contributed by atoms with E-state index in [9.17, 15) is 161 Å². The van der Waals surface area contributed by atoms with Gasteiger partial charge >= 0.3 is 0 Å². The number of nitrogens with one attached hydrogen (secondary N) is 23. The van der Waals surface area contributed by atoms with E-state index in [2.05, 4.69) is 52.4 Å². The Balaban J connectivity index is 1.07. The Kier molecular flexibility index (Phi) is 46.7. The molecule has 0 spiro atoms. The molecule has 3 heterocycles. The minimum atomic E-state index is -1.85. The number of carbonyl (C=O) groups is 23. The maximum absolute atomic E-state index is 12.9. The number of primary amides is 1. The Morgan fingerprint density at radius 2 is 0.565 bits per heavy atom. The summed E-state index contributed by atoms with van der Waals surface area (Å²) in [6.07, 6.45) is 3.53. The number of aromatic amines is 1. The molecule has 12 atom stereocenters. The third-order valence-electron chi connectivity index (χ3n) is 18.6. The summed E-state index contributed by atoms with van der Waals surface area (Å²) in [4.78, 5) is 295. The first kappa shape index (κ1) is 109. The smallest absolute Gasteiger partial charge is 0.245 e. The number of fused-ring (bicyclic) bond motifs is 3. The van der Waals surface area contributed by atoms with E-state index in [1.54, 1.807) is 12.3 Å². The molecule has 1 aliphatic carbocycles. The molecule has 2 bridgehead atoms. The number of amides is 23. The van der Waals surface area contributed by atoms with Crippen molar-refractivity contribution in [1.82, 2.24) is 122 Å². The standard InChI is InChI=1S/C71H107N27O33/c72-35(9-32-11-74-36-4-2-1-3-34(32)36)60(121)75-12-49(110)85-38(22-99)61(122)76-13-50(111)86-39(23-100)62(123)77-14-51(112)87-40(24-101)63(124)78-15-52(113)88-41(25-102)64(125)79-16-53(114)89-42(26-103)65(126)80-17-54(115)90-43(27-104)66(127)81-18-55(116)91-44(28-105)67(128)82-19-56(117)92-45(29-106)68(129)83-20-57(118)93-46(30-107)69(130)84-21-58(119)94-47(31-108)70(131)95-37(59(73)120)10-48(109)96-71-7-5-33(6-8-71)97-98-71/h1-4,11,33,35,37-47,74,99-108H,5-10,12-31,72H2,(H2,73,120)(H,75,121)(H,76,122)(H,77,123)(H,78,124)(H,79,125)(H,80,126)(H,81,127)(H,82,128)(H,83,129)(H,84,130)(H,85,110)(H,86,111)(H,87,112)(H,88,113)(H,89,114)(H,90,115)(H,91,116)(H,92,117)(H,93,118)(H,94,119)(H,95,131)(H,96,109)/t33?,35-,37-,38-,39-,40-,41-,42-,43-,44-,45-,46-,47-,71?/m0/s1. The lowest BCUT2D eigenvalue weighted by molar-refractivity contribution is -0.134. The molecule has 0 saturated heterocycles. The fraction of sp³-hybridized carbons (Fsp3) is 0.563. The molecular formula is C71H107N27O33. The molecule has 724 valence electrons. The maximum Gasteiger partial charge on any atom is 0.245 e. The van der Waals surface area contributed by atoms with Crippen LogP contribution in [0.4, 0.5) is 0 Å². The van der Waals surface area contributed by atoms with Gasteiger partial charge in [0.1, 0.15) is 66.5 Å². The van der Waals surface area contributed by atoms with Crippen LogP contribution in [0.5, 0.6) is 0 Å². The number of hydrogen-bond acceptors (Lipinski definition) is 36. The second-order valence-electron chi connectivity index (χ2n) is 28.6. The van der Waals surface area contributed by atoms with Crippen LogP contribution in [0.1, 0.15) is 37.7 Å². The predicted molar refractivity (Wildman–Crippen MR) is 434 cm³/mol. The van der Waals surface area contributed by atoms with Crippen LogP contribution in [0.25, 0.3) is 10.9 Å². The zero-order chi connectivity index (χ0) is 97.6. The van der Waals surface area contributed by atoms with E-state index >= 15 is 0 Å². The second-order valence-corrected chi connectivity index (χ2v) is 28.6. The van der Waals surface area contributed by atoms with Crippen molar-refractivity contribution >= 4 is 147 Å². The third kappa shape index (κ3) is 37.9. The van der Waals surface area contributed by atoms with Gasteiger partial charge in [0.25, 0.3) is 0 Å². The first-order chi connectivity index (χ1) is 62.2. The van der Waals surface area contributed by atoms with Crippen LogP contribution in [0.3, 0.4) is 0 Å². The van der Waals surface area contributed by atoms with Gasteiger partial charge < -0.3 is 184 Å². The summed E-state index contributed by atoms with van der Waals surface area (Å²) in [6, 6.07) is -13.3. The van der Waals surface area contributed by atoms with Gasteiger partial charge in [0.2, 0.25) is 136 Å². The zero-order valence-corrected chi connectivity index (χ0v) is 69.7. The predicted octanol–water partition coefficient (Wildman–Crippen LogP) is -23.4. The highest BCUT2D eigenvalue weighted by atomic mass is 16.3. The Labute approximate surface area is 739 Å². The molecule has 2 aliphatic heterocycles. The van der Waals surface area contributed by atoms with Gasteiger partial charge in [-0.2, -0.15) is 10.2 Å². The van der Waals surface area contributed by atoms with Crippen LogP contribution in [0.15, 0.2) is 40.7 Å². The van der Waals surface area contributed by atoms with Gasteiger partial charge in [-0.15, -0.1) is 0 Å². The molecule has 60 heteroatoms. The molecule has 1 aromatic heterocycles. The van der Waals surface area contributed by atoms with E-state index in [1.807, 2.05) is 98.0 Å². The Hall–Kier alpha value is -14.3. The van der Waals surface area contributed by atoms with Crippen molar-refractivity contribution in [2.45, 2.75) is 123 Å².